The molecule has 0 saturated carbocycles. The molecule has 0 atom stereocenters. The molecule has 6 heteroatoms. The molecule has 23 heavy (non-hydrogen) atoms. The van der Waals surface area contributed by atoms with Crippen LogP contribution in [0, 0.1) is 0 Å². The largest absolute Gasteiger partial charge is 0.377 e. The van der Waals surface area contributed by atoms with E-state index in [1.54, 1.807) is 4.68 Å². The van der Waals surface area contributed by atoms with Crippen LogP contribution in [0.2, 0.25) is 0 Å². The van der Waals surface area contributed by atoms with Gasteiger partial charge in [-0.2, -0.15) is 4.68 Å². The van der Waals surface area contributed by atoms with Crippen molar-refractivity contribution in [2.24, 2.45) is 0 Å². The first-order valence-corrected chi connectivity index (χ1v) is 7.63. The van der Waals surface area contributed by atoms with Gasteiger partial charge < -0.3 is 10.1 Å². The van der Waals surface area contributed by atoms with E-state index < -0.39 is 0 Å². The number of ether oxygens (including phenoxy) is 1. The summed E-state index contributed by atoms with van der Waals surface area (Å²) in [5, 5.41) is 15.0. The van der Waals surface area contributed by atoms with Gasteiger partial charge in [0.05, 0.1) is 12.3 Å². The van der Waals surface area contributed by atoms with Gasteiger partial charge in [0.1, 0.15) is 0 Å². The minimum absolute atomic E-state index is 0.638. The average molecular weight is 309 g/mol. The Morgan fingerprint density at radius 1 is 0.957 bits per heavy atom. The Kier molecular flexibility index (Phi) is 5.31. The van der Waals surface area contributed by atoms with Crippen LogP contribution < -0.4 is 5.32 Å². The molecule has 1 heterocycles. The first-order valence-electron chi connectivity index (χ1n) is 7.63. The Hall–Kier alpha value is -2.73. The molecular formula is C17H19N5O. The van der Waals surface area contributed by atoms with Gasteiger partial charge in [0.2, 0.25) is 5.95 Å². The summed E-state index contributed by atoms with van der Waals surface area (Å²) < 4.78 is 7.34. The average Bonchev–Trinajstić information content (AvgIpc) is 3.08. The molecule has 0 radical (unpaired) electrons. The predicted molar refractivity (Wildman–Crippen MR) is 88.4 cm³/mol. The van der Waals surface area contributed by atoms with E-state index in [2.05, 4.69) is 33.0 Å². The number of tetrazole rings is 1. The van der Waals surface area contributed by atoms with E-state index in [9.17, 15) is 0 Å². The summed E-state index contributed by atoms with van der Waals surface area (Å²) in [7, 11) is 0. The number of benzene rings is 2. The van der Waals surface area contributed by atoms with Crippen LogP contribution in [0.1, 0.15) is 12.0 Å². The minimum atomic E-state index is 0.638. The van der Waals surface area contributed by atoms with Gasteiger partial charge in [0, 0.05) is 13.2 Å². The third-order valence-corrected chi connectivity index (χ3v) is 3.33. The van der Waals surface area contributed by atoms with Crippen LogP contribution in [0.25, 0.3) is 5.69 Å². The molecule has 0 aliphatic rings. The maximum Gasteiger partial charge on any atom is 0.247 e. The fourth-order valence-corrected chi connectivity index (χ4v) is 2.18. The third kappa shape index (κ3) is 4.37. The van der Waals surface area contributed by atoms with Gasteiger partial charge in [-0.05, 0) is 34.5 Å². The molecule has 0 saturated heterocycles. The molecule has 0 amide bonds. The van der Waals surface area contributed by atoms with E-state index in [0.717, 1.165) is 18.7 Å². The van der Waals surface area contributed by atoms with Crippen LogP contribution in [0.5, 0.6) is 0 Å². The summed E-state index contributed by atoms with van der Waals surface area (Å²) in [4.78, 5) is 0. The molecule has 3 aromatic rings. The molecule has 0 aliphatic heterocycles. The standard InChI is InChI=1S/C17H19N5O/c1-3-8-15(9-4-1)14-23-13-7-12-18-17-19-20-21-22(17)16-10-5-2-6-11-16/h1-6,8-11H,7,12-14H2,(H,18,19,21). The Bertz CT molecular complexity index is 699. The highest BCUT2D eigenvalue weighted by Crippen LogP contribution is 2.10. The fraction of sp³-hybridized carbons (Fsp3) is 0.235. The van der Waals surface area contributed by atoms with Crippen molar-refractivity contribution in [2.45, 2.75) is 13.0 Å². The van der Waals surface area contributed by atoms with Crippen molar-refractivity contribution in [3.05, 3.63) is 66.2 Å². The number of para-hydroxylation sites is 1. The van der Waals surface area contributed by atoms with Crippen LogP contribution in [-0.2, 0) is 11.3 Å². The van der Waals surface area contributed by atoms with Gasteiger partial charge >= 0.3 is 0 Å². The zero-order valence-electron chi connectivity index (χ0n) is 12.8. The van der Waals surface area contributed by atoms with E-state index in [1.807, 2.05) is 48.5 Å². The van der Waals surface area contributed by atoms with E-state index in [0.29, 0.717) is 19.2 Å². The van der Waals surface area contributed by atoms with Crippen molar-refractivity contribution in [2.75, 3.05) is 18.5 Å². The van der Waals surface area contributed by atoms with E-state index in [1.165, 1.54) is 5.56 Å². The normalized spacial score (nSPS) is 10.6. The van der Waals surface area contributed by atoms with Gasteiger partial charge in [-0.25, -0.2) is 0 Å². The Balaban J connectivity index is 1.41. The molecular weight excluding hydrogens is 290 g/mol. The zero-order chi connectivity index (χ0) is 15.7. The summed E-state index contributed by atoms with van der Waals surface area (Å²) >= 11 is 0. The highest BCUT2D eigenvalue weighted by Gasteiger charge is 2.06. The Labute approximate surface area is 135 Å². The number of anilines is 1. The molecule has 0 unspecified atom stereocenters. The lowest BCUT2D eigenvalue weighted by Crippen LogP contribution is -2.10. The summed E-state index contributed by atoms with van der Waals surface area (Å²) in [6.45, 7) is 2.08. The zero-order valence-corrected chi connectivity index (χ0v) is 12.8. The molecule has 1 aromatic heterocycles. The maximum atomic E-state index is 5.66. The quantitative estimate of drug-likeness (QED) is 0.648. The first-order chi connectivity index (χ1) is 11.4. The minimum Gasteiger partial charge on any atom is -0.377 e. The number of hydrogen-bond acceptors (Lipinski definition) is 5. The van der Waals surface area contributed by atoms with E-state index in [4.69, 9.17) is 4.74 Å². The lowest BCUT2D eigenvalue weighted by Gasteiger charge is -2.07. The van der Waals surface area contributed by atoms with Crippen molar-refractivity contribution in [3.8, 4) is 5.69 Å². The molecule has 118 valence electrons. The molecule has 0 bridgehead atoms. The van der Waals surface area contributed by atoms with E-state index in [-0.39, 0.29) is 0 Å². The van der Waals surface area contributed by atoms with Gasteiger partial charge in [-0.15, -0.1) is 0 Å². The van der Waals surface area contributed by atoms with Gasteiger partial charge in [0.25, 0.3) is 0 Å². The number of hydrogen-bond donors (Lipinski definition) is 1. The SMILES string of the molecule is c1ccc(COCCCNc2nnnn2-c2ccccc2)cc1. The molecule has 0 aliphatic carbocycles. The second-order valence-corrected chi connectivity index (χ2v) is 5.07. The molecule has 2 aromatic carbocycles. The van der Waals surface area contributed by atoms with Crippen LogP contribution in [0.15, 0.2) is 60.7 Å². The van der Waals surface area contributed by atoms with Crippen molar-refractivity contribution >= 4 is 5.95 Å². The number of nitrogens with one attached hydrogen (secondary N) is 1. The second-order valence-electron chi connectivity index (χ2n) is 5.07. The molecule has 1 N–H and O–H groups in total. The van der Waals surface area contributed by atoms with Gasteiger partial charge in [-0.3, -0.25) is 0 Å². The summed E-state index contributed by atoms with van der Waals surface area (Å²) in [6, 6.07) is 20.0. The Morgan fingerprint density at radius 3 is 2.48 bits per heavy atom. The molecule has 3 rings (SSSR count). The fourth-order valence-electron chi connectivity index (χ4n) is 2.18. The molecule has 0 fully saturated rings. The molecule has 6 nitrogen and oxygen atoms in total. The van der Waals surface area contributed by atoms with Crippen LogP contribution in [0.4, 0.5) is 5.95 Å². The number of aromatic nitrogens is 4. The van der Waals surface area contributed by atoms with Crippen LogP contribution in [-0.4, -0.2) is 33.4 Å². The lowest BCUT2D eigenvalue weighted by atomic mass is 10.2. The van der Waals surface area contributed by atoms with Gasteiger partial charge in [-0.1, -0.05) is 53.6 Å². The van der Waals surface area contributed by atoms with Crippen molar-refractivity contribution in [1.82, 2.24) is 20.2 Å². The van der Waals surface area contributed by atoms with Gasteiger partial charge in [0.15, 0.2) is 0 Å². The Morgan fingerprint density at radius 2 is 1.70 bits per heavy atom. The maximum absolute atomic E-state index is 5.66. The van der Waals surface area contributed by atoms with Crippen molar-refractivity contribution in [1.29, 1.82) is 0 Å². The lowest BCUT2D eigenvalue weighted by molar-refractivity contribution is 0.120. The smallest absolute Gasteiger partial charge is 0.247 e. The number of rotatable bonds is 8. The number of nitrogens with zero attached hydrogens (tertiary/aromatic N) is 4. The third-order valence-electron chi connectivity index (χ3n) is 3.33. The first kappa shape index (κ1) is 15.2. The highest BCUT2D eigenvalue weighted by atomic mass is 16.5. The topological polar surface area (TPSA) is 64.9 Å². The highest BCUT2D eigenvalue weighted by molar-refractivity contribution is 5.38. The predicted octanol–water partition coefficient (Wildman–Crippen LogP) is 2.68. The summed E-state index contributed by atoms with van der Waals surface area (Å²) in [5.74, 6) is 0.638. The second kappa shape index (κ2) is 8.05. The monoisotopic (exact) mass is 309 g/mol. The van der Waals surface area contributed by atoms with Crippen molar-refractivity contribution in [3.63, 3.8) is 0 Å². The summed E-state index contributed by atoms with van der Waals surface area (Å²) in [6.07, 6.45) is 0.883. The van der Waals surface area contributed by atoms with Crippen molar-refractivity contribution < 1.29 is 4.74 Å². The summed E-state index contributed by atoms with van der Waals surface area (Å²) in [5.41, 5.74) is 2.12. The van der Waals surface area contributed by atoms with E-state index >= 15 is 0 Å². The van der Waals surface area contributed by atoms with Crippen LogP contribution >= 0.6 is 0 Å². The van der Waals surface area contributed by atoms with Crippen LogP contribution in [0.3, 0.4) is 0 Å². The molecule has 0 spiro atoms.